The van der Waals surface area contributed by atoms with E-state index in [1.807, 2.05) is 6.92 Å². The molecule has 0 aliphatic carbocycles. The highest BCUT2D eigenvalue weighted by Crippen LogP contribution is 2.31. The third-order valence-corrected chi connectivity index (χ3v) is 4.16. The molecule has 0 aliphatic rings. The SMILES string of the molecule is Cc1nn(C)c(Cl)c1CSC(C)(C)C(=O)O. The summed E-state index contributed by atoms with van der Waals surface area (Å²) in [5.41, 5.74) is 1.75. The number of hydrogen-bond donors (Lipinski definition) is 1. The molecule has 1 heterocycles. The van der Waals surface area contributed by atoms with E-state index in [2.05, 4.69) is 5.10 Å². The van der Waals surface area contributed by atoms with Gasteiger partial charge in [0.2, 0.25) is 0 Å². The van der Waals surface area contributed by atoms with Gasteiger partial charge in [0.25, 0.3) is 0 Å². The number of carboxylic acid groups (broad SMARTS) is 1. The number of rotatable bonds is 4. The van der Waals surface area contributed by atoms with E-state index in [9.17, 15) is 4.79 Å². The highest BCUT2D eigenvalue weighted by atomic mass is 35.5. The Balaban J connectivity index is 2.79. The maximum atomic E-state index is 10.9. The number of carbonyl (C=O) groups is 1. The van der Waals surface area contributed by atoms with Gasteiger partial charge in [-0.3, -0.25) is 9.48 Å². The monoisotopic (exact) mass is 262 g/mol. The van der Waals surface area contributed by atoms with Crippen LogP contribution in [-0.2, 0) is 17.6 Å². The molecule has 0 radical (unpaired) electrons. The van der Waals surface area contributed by atoms with E-state index < -0.39 is 10.7 Å². The zero-order valence-electron chi connectivity index (χ0n) is 9.74. The van der Waals surface area contributed by atoms with E-state index in [0.717, 1.165) is 11.3 Å². The molecule has 0 saturated carbocycles. The van der Waals surface area contributed by atoms with Crippen molar-refractivity contribution in [1.29, 1.82) is 0 Å². The first-order chi connectivity index (χ1) is 7.25. The van der Waals surface area contributed by atoms with Crippen LogP contribution in [0, 0.1) is 6.92 Å². The molecule has 0 aliphatic heterocycles. The van der Waals surface area contributed by atoms with Crippen molar-refractivity contribution in [3.8, 4) is 0 Å². The average molecular weight is 263 g/mol. The van der Waals surface area contributed by atoms with E-state index in [1.54, 1.807) is 25.6 Å². The second-order valence-corrected chi connectivity index (χ2v) is 6.04. The van der Waals surface area contributed by atoms with Gasteiger partial charge in [0.1, 0.15) is 9.90 Å². The summed E-state index contributed by atoms with van der Waals surface area (Å²) in [6.07, 6.45) is 0. The molecule has 0 bridgehead atoms. The summed E-state index contributed by atoms with van der Waals surface area (Å²) in [7, 11) is 1.77. The summed E-state index contributed by atoms with van der Waals surface area (Å²) >= 11 is 7.41. The second-order valence-electron chi connectivity index (χ2n) is 4.08. The molecule has 16 heavy (non-hydrogen) atoms. The summed E-state index contributed by atoms with van der Waals surface area (Å²) in [5, 5.41) is 13.7. The highest BCUT2D eigenvalue weighted by molar-refractivity contribution is 8.00. The van der Waals surface area contributed by atoms with Crippen LogP contribution in [0.2, 0.25) is 5.15 Å². The molecule has 1 aromatic heterocycles. The van der Waals surface area contributed by atoms with Crippen LogP contribution in [0.1, 0.15) is 25.1 Å². The maximum absolute atomic E-state index is 10.9. The number of aromatic nitrogens is 2. The third kappa shape index (κ3) is 2.71. The van der Waals surface area contributed by atoms with Gasteiger partial charge in [0.05, 0.1) is 5.69 Å². The van der Waals surface area contributed by atoms with Crippen LogP contribution in [-0.4, -0.2) is 25.6 Å². The van der Waals surface area contributed by atoms with Crippen LogP contribution in [0.3, 0.4) is 0 Å². The first-order valence-corrected chi connectivity index (χ1v) is 6.17. The molecule has 1 aromatic rings. The maximum Gasteiger partial charge on any atom is 0.319 e. The number of hydrogen-bond acceptors (Lipinski definition) is 3. The smallest absolute Gasteiger partial charge is 0.319 e. The van der Waals surface area contributed by atoms with Crippen molar-refractivity contribution in [2.75, 3.05) is 0 Å². The van der Waals surface area contributed by atoms with E-state index in [1.165, 1.54) is 11.8 Å². The minimum Gasteiger partial charge on any atom is -0.480 e. The predicted octanol–water partition coefficient (Wildman–Crippen LogP) is 2.48. The normalized spacial score (nSPS) is 11.8. The van der Waals surface area contributed by atoms with E-state index in [-0.39, 0.29) is 0 Å². The van der Waals surface area contributed by atoms with Gasteiger partial charge in [-0.25, -0.2) is 0 Å². The lowest BCUT2D eigenvalue weighted by Crippen LogP contribution is -2.27. The van der Waals surface area contributed by atoms with Gasteiger partial charge >= 0.3 is 5.97 Å². The Hall–Kier alpha value is -0.680. The fourth-order valence-electron chi connectivity index (χ4n) is 1.15. The molecular formula is C10H15ClN2O2S. The minimum absolute atomic E-state index is 0.553. The summed E-state index contributed by atoms with van der Waals surface area (Å²) in [5.74, 6) is -0.271. The molecule has 0 amide bonds. The Morgan fingerprint density at radius 3 is 2.56 bits per heavy atom. The van der Waals surface area contributed by atoms with Gasteiger partial charge in [-0.1, -0.05) is 11.6 Å². The molecule has 0 saturated heterocycles. The van der Waals surface area contributed by atoms with Crippen LogP contribution in [0.15, 0.2) is 0 Å². The van der Waals surface area contributed by atoms with Crippen LogP contribution in [0.4, 0.5) is 0 Å². The second kappa shape index (κ2) is 4.67. The number of halogens is 1. The molecule has 4 nitrogen and oxygen atoms in total. The molecule has 0 unspecified atom stereocenters. The molecule has 6 heteroatoms. The van der Waals surface area contributed by atoms with Crippen molar-refractivity contribution in [2.45, 2.75) is 31.3 Å². The van der Waals surface area contributed by atoms with Crippen LogP contribution >= 0.6 is 23.4 Å². The lowest BCUT2D eigenvalue weighted by atomic mass is 10.2. The fourth-order valence-corrected chi connectivity index (χ4v) is 2.45. The minimum atomic E-state index is -0.824. The number of thioether (sulfide) groups is 1. The van der Waals surface area contributed by atoms with Crippen LogP contribution < -0.4 is 0 Å². The Bertz CT molecular complexity index is 415. The lowest BCUT2D eigenvalue weighted by Gasteiger charge is -2.18. The predicted molar refractivity (Wildman–Crippen MR) is 66.0 cm³/mol. The number of carboxylic acids is 1. The van der Waals surface area contributed by atoms with Crippen LogP contribution in [0.25, 0.3) is 0 Å². The summed E-state index contributed by atoms with van der Waals surface area (Å²) in [6, 6.07) is 0. The molecule has 90 valence electrons. The Kier molecular flexibility index (Phi) is 3.91. The zero-order valence-corrected chi connectivity index (χ0v) is 11.3. The molecule has 1 rings (SSSR count). The first kappa shape index (κ1) is 13.4. The molecule has 0 spiro atoms. The highest BCUT2D eigenvalue weighted by Gasteiger charge is 2.28. The molecule has 0 atom stereocenters. The van der Waals surface area contributed by atoms with E-state index >= 15 is 0 Å². The summed E-state index contributed by atoms with van der Waals surface area (Å²) < 4.78 is 0.784. The molecule has 0 fully saturated rings. The van der Waals surface area contributed by atoms with Crippen LogP contribution in [0.5, 0.6) is 0 Å². The Morgan fingerprint density at radius 1 is 1.62 bits per heavy atom. The van der Waals surface area contributed by atoms with Crippen molar-refractivity contribution in [2.24, 2.45) is 7.05 Å². The molecule has 0 aromatic carbocycles. The quantitative estimate of drug-likeness (QED) is 0.906. The Labute approximate surface area is 104 Å². The van der Waals surface area contributed by atoms with Crippen molar-refractivity contribution in [1.82, 2.24) is 9.78 Å². The van der Waals surface area contributed by atoms with Crippen molar-refractivity contribution in [3.63, 3.8) is 0 Å². The Morgan fingerprint density at radius 2 is 2.19 bits per heavy atom. The van der Waals surface area contributed by atoms with Gasteiger partial charge < -0.3 is 5.11 Å². The van der Waals surface area contributed by atoms with Gasteiger partial charge in [0.15, 0.2) is 0 Å². The lowest BCUT2D eigenvalue weighted by molar-refractivity contribution is -0.138. The van der Waals surface area contributed by atoms with Crippen molar-refractivity contribution >= 4 is 29.3 Å². The number of aliphatic carboxylic acids is 1. The van der Waals surface area contributed by atoms with Gasteiger partial charge in [-0.15, -0.1) is 11.8 Å². The van der Waals surface area contributed by atoms with Gasteiger partial charge in [0, 0.05) is 18.4 Å². The third-order valence-electron chi connectivity index (χ3n) is 2.36. The molecule has 1 N–H and O–H groups in total. The summed E-state index contributed by atoms with van der Waals surface area (Å²) in [6.45, 7) is 5.23. The van der Waals surface area contributed by atoms with E-state index in [0.29, 0.717) is 10.9 Å². The number of aryl methyl sites for hydroxylation is 2. The van der Waals surface area contributed by atoms with Gasteiger partial charge in [-0.05, 0) is 20.8 Å². The van der Waals surface area contributed by atoms with Crippen molar-refractivity contribution in [3.05, 3.63) is 16.4 Å². The molecular weight excluding hydrogens is 248 g/mol. The van der Waals surface area contributed by atoms with Gasteiger partial charge in [-0.2, -0.15) is 5.10 Å². The zero-order chi connectivity index (χ0) is 12.5. The first-order valence-electron chi connectivity index (χ1n) is 4.81. The fraction of sp³-hybridized carbons (Fsp3) is 0.600. The van der Waals surface area contributed by atoms with Crippen molar-refractivity contribution < 1.29 is 9.90 Å². The largest absolute Gasteiger partial charge is 0.480 e. The topological polar surface area (TPSA) is 55.1 Å². The average Bonchev–Trinajstić information content (AvgIpc) is 2.39. The number of nitrogens with zero attached hydrogens (tertiary/aromatic N) is 2. The van der Waals surface area contributed by atoms with E-state index in [4.69, 9.17) is 16.7 Å². The summed E-state index contributed by atoms with van der Waals surface area (Å²) in [4.78, 5) is 10.9. The standard InChI is InChI=1S/C10H15ClN2O2S/c1-6-7(8(11)13(4)12-6)5-16-10(2,3)9(14)15/h5H2,1-4H3,(H,14,15).